The van der Waals surface area contributed by atoms with Gasteiger partial charge in [-0.3, -0.25) is 4.79 Å². The van der Waals surface area contributed by atoms with Crippen molar-refractivity contribution < 1.29 is 4.79 Å². The molecular weight excluding hydrogens is 250 g/mol. The lowest BCUT2D eigenvalue weighted by Crippen LogP contribution is -2.40. The summed E-state index contributed by atoms with van der Waals surface area (Å²) in [5.41, 5.74) is 0.788. The summed E-state index contributed by atoms with van der Waals surface area (Å²) in [5, 5.41) is 0.383. The fourth-order valence-corrected chi connectivity index (χ4v) is 3.19. The molecule has 1 aliphatic heterocycles. The molecule has 0 N–H and O–H groups in total. The van der Waals surface area contributed by atoms with Gasteiger partial charge < -0.3 is 4.90 Å². The van der Waals surface area contributed by atoms with Gasteiger partial charge in [0.2, 0.25) is 0 Å². The van der Waals surface area contributed by atoms with Gasteiger partial charge in [0, 0.05) is 23.4 Å². The first-order valence-corrected chi connectivity index (χ1v) is 7.83. The molecule has 2 nitrogen and oxygen atoms in total. The van der Waals surface area contributed by atoms with Crippen molar-refractivity contribution in [2.75, 3.05) is 6.54 Å². The normalized spacial score (nSPS) is 21.5. The van der Waals surface area contributed by atoms with Crippen molar-refractivity contribution >= 4 is 28.4 Å². The van der Waals surface area contributed by atoms with Crippen molar-refractivity contribution in [2.45, 2.75) is 31.1 Å². The second-order valence-corrected chi connectivity index (χ2v) is 5.97. The third-order valence-corrected chi connectivity index (χ3v) is 4.93. The summed E-state index contributed by atoms with van der Waals surface area (Å²) in [6.07, 6.45) is 2.19. The van der Waals surface area contributed by atoms with Crippen LogP contribution in [0.1, 0.15) is 30.1 Å². The van der Waals surface area contributed by atoms with Gasteiger partial charge >= 0.3 is 0 Å². The molecule has 1 aliphatic rings. The highest BCUT2D eigenvalue weighted by molar-refractivity contribution is 8.68. The molecule has 0 radical (unpaired) electrons. The Morgan fingerprint density at radius 1 is 1.47 bits per heavy atom. The lowest BCUT2D eigenvalue weighted by atomic mass is 10.1. The molecule has 2 unspecified atom stereocenters. The Morgan fingerprint density at radius 2 is 2.18 bits per heavy atom. The maximum Gasteiger partial charge on any atom is 0.254 e. The standard InChI is InChI=1S/C13H17NOS2/c1-10(17-16)12-8-5-9-14(12)13(15)11-6-3-2-4-7-11/h2-4,6-7,10,12,16H,5,8-9H2,1H3. The zero-order valence-electron chi connectivity index (χ0n) is 9.87. The molecular formula is C13H17NOS2. The zero-order chi connectivity index (χ0) is 12.3. The summed E-state index contributed by atoms with van der Waals surface area (Å²) in [4.78, 5) is 14.4. The number of hydrogen-bond donors (Lipinski definition) is 1. The third-order valence-electron chi connectivity index (χ3n) is 3.29. The fourth-order valence-electron chi connectivity index (χ4n) is 2.35. The van der Waals surface area contributed by atoms with Gasteiger partial charge in [-0.05, 0) is 25.0 Å². The molecule has 17 heavy (non-hydrogen) atoms. The average Bonchev–Trinajstić information content (AvgIpc) is 2.87. The van der Waals surface area contributed by atoms with Gasteiger partial charge in [0.1, 0.15) is 0 Å². The molecule has 92 valence electrons. The van der Waals surface area contributed by atoms with Crippen LogP contribution in [0, 0.1) is 0 Å². The van der Waals surface area contributed by atoms with Crippen LogP contribution < -0.4 is 0 Å². The minimum absolute atomic E-state index is 0.155. The molecule has 1 saturated heterocycles. The molecule has 0 aliphatic carbocycles. The van der Waals surface area contributed by atoms with Crippen LogP contribution in [-0.2, 0) is 0 Å². The maximum absolute atomic E-state index is 12.4. The van der Waals surface area contributed by atoms with Crippen LogP contribution >= 0.6 is 22.5 Å². The van der Waals surface area contributed by atoms with E-state index in [1.54, 1.807) is 0 Å². The molecule has 0 saturated carbocycles. The number of amides is 1. The van der Waals surface area contributed by atoms with Crippen molar-refractivity contribution in [2.24, 2.45) is 0 Å². The Labute approximate surface area is 112 Å². The van der Waals surface area contributed by atoms with Crippen molar-refractivity contribution in [3.8, 4) is 0 Å². The quantitative estimate of drug-likeness (QED) is 0.670. The van der Waals surface area contributed by atoms with E-state index in [9.17, 15) is 4.79 Å². The van der Waals surface area contributed by atoms with Crippen LogP contribution in [0.2, 0.25) is 0 Å². The van der Waals surface area contributed by atoms with Crippen LogP contribution in [0.15, 0.2) is 30.3 Å². The minimum Gasteiger partial charge on any atom is -0.335 e. The molecule has 1 aromatic rings. The minimum atomic E-state index is 0.155. The zero-order valence-corrected chi connectivity index (χ0v) is 11.6. The SMILES string of the molecule is CC(SS)C1CCCN1C(=O)c1ccccc1. The van der Waals surface area contributed by atoms with Crippen molar-refractivity contribution in [3.63, 3.8) is 0 Å². The average molecular weight is 267 g/mol. The van der Waals surface area contributed by atoms with Gasteiger partial charge in [-0.15, -0.1) is 11.7 Å². The molecule has 1 heterocycles. The highest BCUT2D eigenvalue weighted by atomic mass is 33.1. The Morgan fingerprint density at radius 3 is 2.82 bits per heavy atom. The predicted molar refractivity (Wildman–Crippen MR) is 76.5 cm³/mol. The number of carbonyl (C=O) groups is 1. The number of benzene rings is 1. The van der Waals surface area contributed by atoms with Crippen molar-refractivity contribution in [3.05, 3.63) is 35.9 Å². The number of thiol groups is 1. The number of hydrogen-bond acceptors (Lipinski definition) is 3. The van der Waals surface area contributed by atoms with Crippen molar-refractivity contribution in [1.29, 1.82) is 0 Å². The highest BCUT2D eigenvalue weighted by Crippen LogP contribution is 2.30. The number of carbonyl (C=O) groups excluding carboxylic acids is 1. The Hall–Kier alpha value is -0.610. The highest BCUT2D eigenvalue weighted by Gasteiger charge is 2.32. The molecule has 0 bridgehead atoms. The van der Waals surface area contributed by atoms with Crippen LogP contribution in [0.3, 0.4) is 0 Å². The van der Waals surface area contributed by atoms with E-state index in [0.717, 1.165) is 24.9 Å². The predicted octanol–water partition coefficient (Wildman–Crippen LogP) is 3.26. The Balaban J connectivity index is 2.14. The first-order chi connectivity index (χ1) is 8.24. The molecule has 0 aromatic heterocycles. The number of nitrogens with zero attached hydrogens (tertiary/aromatic N) is 1. The largest absolute Gasteiger partial charge is 0.335 e. The van der Waals surface area contributed by atoms with Gasteiger partial charge in [0.05, 0.1) is 0 Å². The first-order valence-electron chi connectivity index (χ1n) is 5.90. The molecule has 1 amide bonds. The fraction of sp³-hybridized carbons (Fsp3) is 0.462. The summed E-state index contributed by atoms with van der Waals surface area (Å²) >= 11 is 4.27. The summed E-state index contributed by atoms with van der Waals surface area (Å²) in [6.45, 7) is 3.01. The number of likely N-dealkylation sites (tertiary alicyclic amines) is 1. The first kappa shape index (κ1) is 12.8. The summed E-state index contributed by atoms with van der Waals surface area (Å²) in [7, 11) is 1.54. The van der Waals surface area contributed by atoms with E-state index in [4.69, 9.17) is 0 Å². The molecule has 0 spiro atoms. The van der Waals surface area contributed by atoms with Crippen LogP contribution in [0.5, 0.6) is 0 Å². The van der Waals surface area contributed by atoms with Crippen molar-refractivity contribution in [1.82, 2.24) is 4.90 Å². The van der Waals surface area contributed by atoms with Crippen LogP contribution in [0.25, 0.3) is 0 Å². The van der Waals surface area contributed by atoms with E-state index in [1.807, 2.05) is 35.2 Å². The van der Waals surface area contributed by atoms with E-state index >= 15 is 0 Å². The van der Waals surface area contributed by atoms with Gasteiger partial charge in [0.15, 0.2) is 0 Å². The van der Waals surface area contributed by atoms with Gasteiger partial charge in [-0.1, -0.05) is 35.9 Å². The van der Waals surface area contributed by atoms with Gasteiger partial charge in [0.25, 0.3) is 5.91 Å². The van der Waals surface area contributed by atoms with E-state index in [2.05, 4.69) is 18.6 Å². The van der Waals surface area contributed by atoms with E-state index < -0.39 is 0 Å². The Bertz CT molecular complexity index is 382. The van der Waals surface area contributed by atoms with Gasteiger partial charge in [-0.2, -0.15) is 0 Å². The van der Waals surface area contributed by atoms with Crippen LogP contribution in [-0.4, -0.2) is 28.6 Å². The van der Waals surface area contributed by atoms with Gasteiger partial charge in [-0.25, -0.2) is 0 Å². The van der Waals surface area contributed by atoms with E-state index in [0.29, 0.717) is 11.3 Å². The maximum atomic E-state index is 12.4. The number of rotatable bonds is 3. The second-order valence-electron chi connectivity index (χ2n) is 4.38. The van der Waals surface area contributed by atoms with E-state index in [-0.39, 0.29) is 5.91 Å². The topological polar surface area (TPSA) is 20.3 Å². The summed E-state index contributed by atoms with van der Waals surface area (Å²) in [5.74, 6) is 0.155. The molecule has 2 rings (SSSR count). The molecule has 2 atom stereocenters. The third kappa shape index (κ3) is 2.80. The molecule has 1 fully saturated rings. The van der Waals surface area contributed by atoms with Crippen LogP contribution in [0.4, 0.5) is 0 Å². The Kier molecular flexibility index (Phi) is 4.40. The second kappa shape index (κ2) is 5.83. The molecule has 4 heteroatoms. The lowest BCUT2D eigenvalue weighted by molar-refractivity contribution is 0.0737. The summed E-state index contributed by atoms with van der Waals surface area (Å²) in [6, 6.07) is 9.85. The smallest absolute Gasteiger partial charge is 0.254 e. The summed E-state index contributed by atoms with van der Waals surface area (Å²) < 4.78 is 0. The lowest BCUT2D eigenvalue weighted by Gasteiger charge is -2.28. The monoisotopic (exact) mass is 267 g/mol. The molecule has 1 aromatic carbocycles. The van der Waals surface area contributed by atoms with E-state index in [1.165, 1.54) is 10.8 Å².